The molecule has 2 heterocycles. The molecular formula is C34H32B2F4N4. The first-order valence-corrected chi connectivity index (χ1v) is 14.7. The van der Waals surface area contributed by atoms with E-state index in [9.17, 15) is 17.3 Å². The van der Waals surface area contributed by atoms with E-state index in [-0.39, 0.29) is 22.8 Å². The van der Waals surface area contributed by atoms with Crippen LogP contribution in [0.25, 0.3) is 0 Å². The third-order valence-electron chi connectivity index (χ3n) is 6.95. The van der Waals surface area contributed by atoms with Crippen molar-refractivity contribution in [1.82, 2.24) is 8.96 Å². The summed E-state index contributed by atoms with van der Waals surface area (Å²) < 4.78 is 57.1. The van der Waals surface area contributed by atoms with Gasteiger partial charge in [0.05, 0.1) is 35.2 Å². The molecule has 44 heavy (non-hydrogen) atoms. The summed E-state index contributed by atoms with van der Waals surface area (Å²) >= 11 is 0. The van der Waals surface area contributed by atoms with Crippen LogP contribution in [0.5, 0.6) is 0 Å². The lowest BCUT2D eigenvalue weighted by atomic mass is 10.1. The summed E-state index contributed by atoms with van der Waals surface area (Å²) in [4.78, 5) is 0. The van der Waals surface area contributed by atoms with Gasteiger partial charge >= 0.3 is 14.8 Å². The van der Waals surface area contributed by atoms with Gasteiger partial charge in [-0.2, -0.15) is 10.2 Å². The van der Waals surface area contributed by atoms with Crippen molar-refractivity contribution in [2.24, 2.45) is 10.2 Å². The van der Waals surface area contributed by atoms with E-state index in [0.29, 0.717) is 0 Å². The van der Waals surface area contributed by atoms with Crippen molar-refractivity contribution in [3.8, 4) is 23.7 Å². The summed E-state index contributed by atoms with van der Waals surface area (Å²) in [6.45, 7) is 4.27. The van der Waals surface area contributed by atoms with Crippen molar-refractivity contribution in [2.75, 3.05) is 0 Å². The van der Waals surface area contributed by atoms with Gasteiger partial charge in [0.2, 0.25) is 0 Å². The van der Waals surface area contributed by atoms with E-state index >= 15 is 0 Å². The number of benzene rings is 2. The fourth-order valence-electron chi connectivity index (χ4n) is 4.51. The standard InChI is InChI=1S/C34H32B2F4N4/c1-3-5-7-27-9-13-29(14-10-27)17-19-31-21-23-33(43(31)35(37)38)25-41-42-26-34-24-22-32(44(34)36(39)40)20-18-30-15-11-28(12-16-30)8-6-4-2/h9-16,21-26H,3-8H2,1-2H3/b41-25+,42-26+. The average Bonchev–Trinajstić information content (AvgIpc) is 3.64. The monoisotopic (exact) mass is 594 g/mol. The number of nitrogens with zero attached hydrogens (tertiary/aromatic N) is 4. The molecule has 10 heteroatoms. The molecule has 0 unspecified atom stereocenters. The molecule has 0 atom stereocenters. The van der Waals surface area contributed by atoms with E-state index < -0.39 is 14.8 Å². The minimum Gasteiger partial charge on any atom is -0.317 e. The van der Waals surface area contributed by atoms with Crippen LogP contribution in [-0.4, -0.2) is 36.2 Å². The second kappa shape index (κ2) is 16.2. The zero-order valence-electron chi connectivity index (χ0n) is 24.8. The Hall–Kier alpha value is -4.69. The van der Waals surface area contributed by atoms with E-state index in [1.54, 1.807) is 0 Å². The lowest BCUT2D eigenvalue weighted by Crippen LogP contribution is -2.18. The van der Waals surface area contributed by atoms with Crippen LogP contribution in [-0.2, 0) is 12.8 Å². The van der Waals surface area contributed by atoms with Gasteiger partial charge in [-0.05, 0) is 97.2 Å². The van der Waals surface area contributed by atoms with E-state index in [1.165, 1.54) is 35.4 Å². The third-order valence-corrected chi connectivity index (χ3v) is 6.95. The van der Waals surface area contributed by atoms with Crippen LogP contribution < -0.4 is 0 Å². The van der Waals surface area contributed by atoms with Crippen LogP contribution in [0.1, 0.15) is 84.6 Å². The van der Waals surface area contributed by atoms with Crippen LogP contribution in [0.4, 0.5) is 17.3 Å². The van der Waals surface area contributed by atoms with Crippen molar-refractivity contribution in [1.29, 1.82) is 0 Å². The van der Waals surface area contributed by atoms with Crippen molar-refractivity contribution >= 4 is 27.2 Å². The fraction of sp³-hybridized carbons (Fsp3) is 0.235. The molecule has 0 fully saturated rings. The van der Waals surface area contributed by atoms with Gasteiger partial charge in [-0.1, -0.05) is 62.8 Å². The third kappa shape index (κ3) is 8.91. The highest BCUT2D eigenvalue weighted by Crippen LogP contribution is 2.13. The number of hydrogen-bond donors (Lipinski definition) is 0. The summed E-state index contributed by atoms with van der Waals surface area (Å²) in [6, 6.07) is 21.4. The largest absolute Gasteiger partial charge is 0.678 e. The van der Waals surface area contributed by atoms with Gasteiger partial charge in [-0.25, -0.2) is 0 Å². The second-order valence-corrected chi connectivity index (χ2v) is 10.2. The number of halogens is 4. The highest BCUT2D eigenvalue weighted by atomic mass is 19.2. The Bertz CT molecular complexity index is 1570. The molecule has 4 nitrogen and oxygen atoms in total. The summed E-state index contributed by atoms with van der Waals surface area (Å²) in [6.07, 6.45) is 8.67. The topological polar surface area (TPSA) is 34.6 Å². The molecule has 0 spiro atoms. The van der Waals surface area contributed by atoms with Gasteiger partial charge < -0.3 is 8.96 Å². The summed E-state index contributed by atoms with van der Waals surface area (Å²) in [5.41, 5.74) is 4.25. The fourth-order valence-corrected chi connectivity index (χ4v) is 4.51. The second-order valence-electron chi connectivity index (χ2n) is 10.2. The van der Waals surface area contributed by atoms with Crippen LogP contribution in [0, 0.1) is 23.7 Å². The molecule has 0 amide bonds. The summed E-state index contributed by atoms with van der Waals surface area (Å²) in [5.74, 6) is 11.5. The Morgan fingerprint density at radius 2 is 0.955 bits per heavy atom. The lowest BCUT2D eigenvalue weighted by Gasteiger charge is -2.03. The van der Waals surface area contributed by atoms with Crippen molar-refractivity contribution in [2.45, 2.75) is 52.4 Å². The molecular weight excluding hydrogens is 562 g/mol. The van der Waals surface area contributed by atoms with Gasteiger partial charge in [0.15, 0.2) is 0 Å². The van der Waals surface area contributed by atoms with Gasteiger partial charge in [-0.3, -0.25) is 17.3 Å². The molecule has 4 rings (SSSR count). The number of hydrogen-bond acceptors (Lipinski definition) is 2. The van der Waals surface area contributed by atoms with Crippen LogP contribution in [0.3, 0.4) is 0 Å². The molecule has 222 valence electrons. The van der Waals surface area contributed by atoms with Gasteiger partial charge in [0.25, 0.3) is 0 Å². The highest BCUT2D eigenvalue weighted by molar-refractivity contribution is 6.42. The lowest BCUT2D eigenvalue weighted by molar-refractivity contribution is 0.626. The molecule has 4 aromatic rings. The Labute approximate surface area is 257 Å². The molecule has 0 radical (unpaired) electrons. The average molecular weight is 594 g/mol. The smallest absolute Gasteiger partial charge is 0.317 e. The highest BCUT2D eigenvalue weighted by Gasteiger charge is 2.23. The number of rotatable bonds is 11. The first-order valence-electron chi connectivity index (χ1n) is 14.7. The molecule has 2 aromatic heterocycles. The first-order chi connectivity index (χ1) is 21.4. The maximum Gasteiger partial charge on any atom is 0.678 e. The Kier molecular flexibility index (Phi) is 11.9. The molecule has 2 aromatic carbocycles. The zero-order valence-corrected chi connectivity index (χ0v) is 24.8. The van der Waals surface area contributed by atoms with Crippen LogP contribution >= 0.6 is 0 Å². The maximum absolute atomic E-state index is 13.9. The zero-order chi connectivity index (χ0) is 31.3. The molecule has 0 N–H and O–H groups in total. The molecule has 0 saturated carbocycles. The molecule has 0 aliphatic heterocycles. The van der Waals surface area contributed by atoms with Crippen LogP contribution in [0.2, 0.25) is 0 Å². The summed E-state index contributed by atoms with van der Waals surface area (Å²) in [5, 5.41) is 7.65. The minimum atomic E-state index is -2.86. The molecule has 0 bridgehead atoms. The predicted molar refractivity (Wildman–Crippen MR) is 173 cm³/mol. The Balaban J connectivity index is 1.47. The quantitative estimate of drug-likeness (QED) is 0.0560. The normalized spacial score (nSPS) is 11.0. The molecule has 0 saturated heterocycles. The Morgan fingerprint density at radius 1 is 0.568 bits per heavy atom. The van der Waals surface area contributed by atoms with Gasteiger partial charge in [0, 0.05) is 11.1 Å². The molecule has 0 aliphatic rings. The minimum absolute atomic E-state index is 0.0767. The van der Waals surface area contributed by atoms with E-state index in [2.05, 4.69) is 47.7 Å². The number of aromatic nitrogens is 2. The predicted octanol–water partition coefficient (Wildman–Crippen LogP) is 7.77. The van der Waals surface area contributed by atoms with Gasteiger partial charge in [0.1, 0.15) is 0 Å². The van der Waals surface area contributed by atoms with Crippen LogP contribution in [0.15, 0.2) is 83.0 Å². The SMILES string of the molecule is CCCCc1ccc(C#Cc2ccc(/C=N/N=C/c3ccc(C#Cc4ccc(CCCC)cc4)n3B(F)F)n2B(F)F)cc1. The van der Waals surface area contributed by atoms with Crippen molar-refractivity contribution < 1.29 is 17.3 Å². The van der Waals surface area contributed by atoms with Crippen molar-refractivity contribution in [3.05, 3.63) is 118 Å². The van der Waals surface area contributed by atoms with E-state index in [0.717, 1.165) is 71.0 Å². The van der Waals surface area contributed by atoms with E-state index in [1.807, 2.05) is 48.5 Å². The molecule has 0 aliphatic carbocycles. The first kappa shape index (κ1) is 32.2. The van der Waals surface area contributed by atoms with E-state index in [4.69, 9.17) is 0 Å². The summed E-state index contributed by atoms with van der Waals surface area (Å²) in [7, 11) is -5.72. The Morgan fingerprint density at radius 3 is 1.30 bits per heavy atom. The van der Waals surface area contributed by atoms with Crippen molar-refractivity contribution in [3.63, 3.8) is 0 Å². The number of unbranched alkanes of at least 4 members (excludes halogenated alkanes) is 2. The number of aryl methyl sites for hydroxylation is 2. The van der Waals surface area contributed by atoms with Gasteiger partial charge in [-0.15, -0.1) is 0 Å². The maximum atomic E-state index is 13.9.